The summed E-state index contributed by atoms with van der Waals surface area (Å²) in [5, 5.41) is 18.8. The minimum Gasteiger partial charge on any atom is -0.467 e. The van der Waals surface area contributed by atoms with Crippen molar-refractivity contribution in [3.05, 3.63) is 46.7 Å². The third-order valence-electron chi connectivity index (χ3n) is 3.43. The quantitative estimate of drug-likeness (QED) is 0.760. The van der Waals surface area contributed by atoms with Crippen LogP contribution in [0.5, 0.6) is 0 Å². The van der Waals surface area contributed by atoms with Crippen LogP contribution in [0.25, 0.3) is 0 Å². The van der Waals surface area contributed by atoms with Crippen molar-refractivity contribution in [1.29, 1.82) is 0 Å². The topological polar surface area (TPSA) is 58.9 Å². The minimum atomic E-state index is -0.364. The van der Waals surface area contributed by atoms with Crippen molar-refractivity contribution < 1.29 is 19.7 Å². The van der Waals surface area contributed by atoms with Gasteiger partial charge in [0, 0.05) is 24.0 Å². The molecule has 0 saturated heterocycles. The lowest BCUT2D eigenvalue weighted by atomic mass is 9.93. The molecule has 1 aromatic rings. The summed E-state index contributed by atoms with van der Waals surface area (Å²) in [4.78, 5) is 0. The zero-order valence-corrected chi connectivity index (χ0v) is 12.6. The van der Waals surface area contributed by atoms with Gasteiger partial charge in [-0.1, -0.05) is 23.7 Å². The van der Waals surface area contributed by atoms with E-state index in [1.165, 1.54) is 0 Å². The van der Waals surface area contributed by atoms with Crippen molar-refractivity contribution in [2.24, 2.45) is 0 Å². The zero-order chi connectivity index (χ0) is 15.1. The van der Waals surface area contributed by atoms with Crippen molar-refractivity contribution in [2.45, 2.75) is 31.5 Å². The Kier molecular flexibility index (Phi) is 6.51. The van der Waals surface area contributed by atoms with E-state index < -0.39 is 0 Å². The third kappa shape index (κ3) is 5.00. The first kappa shape index (κ1) is 16.3. The van der Waals surface area contributed by atoms with Gasteiger partial charge in [0.1, 0.15) is 12.4 Å². The lowest BCUT2D eigenvalue weighted by Gasteiger charge is -2.29. The van der Waals surface area contributed by atoms with E-state index in [9.17, 15) is 5.11 Å². The summed E-state index contributed by atoms with van der Waals surface area (Å²) in [5.41, 5.74) is 1.12. The van der Waals surface area contributed by atoms with Crippen LogP contribution in [0.1, 0.15) is 30.7 Å². The Bertz CT molecular complexity index is 458. The van der Waals surface area contributed by atoms with E-state index in [0.717, 1.165) is 18.4 Å². The highest BCUT2D eigenvalue weighted by atomic mass is 35.5. The van der Waals surface area contributed by atoms with Crippen molar-refractivity contribution in [2.75, 3.05) is 19.8 Å². The molecule has 1 aliphatic rings. The molecule has 2 N–H and O–H groups in total. The van der Waals surface area contributed by atoms with Gasteiger partial charge in [0.2, 0.25) is 0 Å². The lowest BCUT2D eigenvalue weighted by Crippen LogP contribution is -2.25. The SMILES string of the molecule is OCCCCO[C@@H]1C[C@H](c2ccc(Cl)cc2)C=C(CO)O1. The number of allylic oxidation sites excluding steroid dienone is 1. The summed E-state index contributed by atoms with van der Waals surface area (Å²) in [6.07, 6.45) is 3.77. The van der Waals surface area contributed by atoms with Gasteiger partial charge in [-0.25, -0.2) is 0 Å². The molecule has 0 unspecified atom stereocenters. The molecule has 0 aromatic heterocycles. The van der Waals surface area contributed by atoms with E-state index in [1.54, 1.807) is 0 Å². The van der Waals surface area contributed by atoms with Crippen LogP contribution in [0.4, 0.5) is 0 Å². The first-order chi connectivity index (χ1) is 10.2. The van der Waals surface area contributed by atoms with Crippen LogP contribution in [-0.2, 0) is 9.47 Å². The van der Waals surface area contributed by atoms with Crippen molar-refractivity contribution >= 4 is 11.6 Å². The summed E-state index contributed by atoms with van der Waals surface area (Å²) in [6, 6.07) is 7.67. The first-order valence-corrected chi connectivity index (χ1v) is 7.57. The van der Waals surface area contributed by atoms with Crippen molar-refractivity contribution in [1.82, 2.24) is 0 Å². The predicted octanol–water partition coefficient (Wildman–Crippen LogP) is 2.84. The highest BCUT2D eigenvalue weighted by Gasteiger charge is 2.25. The predicted molar refractivity (Wildman–Crippen MR) is 81.1 cm³/mol. The van der Waals surface area contributed by atoms with Crippen molar-refractivity contribution in [3.8, 4) is 0 Å². The van der Waals surface area contributed by atoms with Gasteiger partial charge in [0.05, 0.1) is 6.61 Å². The zero-order valence-electron chi connectivity index (χ0n) is 11.9. The number of hydrogen-bond acceptors (Lipinski definition) is 4. The first-order valence-electron chi connectivity index (χ1n) is 7.19. The second-order valence-corrected chi connectivity index (χ2v) is 5.47. The molecule has 0 fully saturated rings. The summed E-state index contributed by atoms with van der Waals surface area (Å²) in [6.45, 7) is 0.571. The number of halogens is 1. The minimum absolute atomic E-state index is 0.138. The number of benzene rings is 1. The molecule has 116 valence electrons. The van der Waals surface area contributed by atoms with Crippen LogP contribution in [0.3, 0.4) is 0 Å². The standard InChI is InChI=1S/C16H21ClO4/c17-14-5-3-12(4-6-14)13-9-15(11-19)21-16(10-13)20-8-2-1-7-18/h3-6,9,13,16,18-19H,1-2,7-8,10-11H2/t13-,16+/m1/s1. The number of unbranched alkanes of at least 4 members (excludes halogenated alkanes) is 1. The van der Waals surface area contributed by atoms with Gasteiger partial charge in [-0.15, -0.1) is 0 Å². The Morgan fingerprint density at radius 3 is 2.62 bits per heavy atom. The number of aliphatic hydroxyl groups excluding tert-OH is 2. The monoisotopic (exact) mass is 312 g/mol. The number of aliphatic hydroxyl groups is 2. The molecule has 4 nitrogen and oxygen atoms in total. The van der Waals surface area contributed by atoms with Crippen LogP contribution < -0.4 is 0 Å². The molecule has 0 spiro atoms. The van der Waals surface area contributed by atoms with Crippen molar-refractivity contribution in [3.63, 3.8) is 0 Å². The van der Waals surface area contributed by atoms with E-state index in [1.807, 2.05) is 30.3 Å². The molecule has 5 heteroatoms. The van der Waals surface area contributed by atoms with E-state index in [0.29, 0.717) is 23.8 Å². The maximum Gasteiger partial charge on any atom is 0.200 e. The van der Waals surface area contributed by atoms with Gasteiger partial charge < -0.3 is 19.7 Å². The van der Waals surface area contributed by atoms with Gasteiger partial charge in [-0.2, -0.15) is 0 Å². The fraction of sp³-hybridized carbons (Fsp3) is 0.500. The summed E-state index contributed by atoms with van der Waals surface area (Å²) in [7, 11) is 0. The smallest absolute Gasteiger partial charge is 0.200 e. The Morgan fingerprint density at radius 2 is 1.95 bits per heavy atom. The molecule has 2 rings (SSSR count). The summed E-state index contributed by atoms with van der Waals surface area (Å²) >= 11 is 5.91. The van der Waals surface area contributed by atoms with Crippen LogP contribution in [0, 0.1) is 0 Å². The van der Waals surface area contributed by atoms with Gasteiger partial charge in [0.25, 0.3) is 0 Å². The summed E-state index contributed by atoms with van der Waals surface area (Å²) in [5.74, 6) is 0.675. The maximum atomic E-state index is 9.32. The second-order valence-electron chi connectivity index (χ2n) is 5.03. The molecule has 21 heavy (non-hydrogen) atoms. The van der Waals surface area contributed by atoms with E-state index in [4.69, 9.17) is 26.2 Å². The van der Waals surface area contributed by atoms with Gasteiger partial charge in [-0.3, -0.25) is 0 Å². The fourth-order valence-electron chi connectivity index (χ4n) is 2.32. The highest BCUT2D eigenvalue weighted by molar-refractivity contribution is 6.30. The summed E-state index contributed by atoms with van der Waals surface area (Å²) < 4.78 is 11.3. The van der Waals surface area contributed by atoms with Gasteiger partial charge in [0.15, 0.2) is 6.29 Å². The highest BCUT2D eigenvalue weighted by Crippen LogP contribution is 2.31. The number of hydrogen-bond donors (Lipinski definition) is 2. The molecule has 1 aliphatic heterocycles. The van der Waals surface area contributed by atoms with Crippen LogP contribution in [-0.4, -0.2) is 36.3 Å². The molecule has 1 heterocycles. The maximum absolute atomic E-state index is 9.32. The molecular formula is C16H21ClO4. The number of rotatable bonds is 7. The average Bonchev–Trinajstić information content (AvgIpc) is 2.52. The lowest BCUT2D eigenvalue weighted by molar-refractivity contribution is -0.134. The van der Waals surface area contributed by atoms with E-state index in [-0.39, 0.29) is 25.4 Å². The largest absolute Gasteiger partial charge is 0.467 e. The molecule has 1 aromatic carbocycles. The molecule has 0 aliphatic carbocycles. The second kappa shape index (κ2) is 8.39. The molecule has 0 radical (unpaired) electrons. The third-order valence-corrected chi connectivity index (χ3v) is 3.68. The Hall–Kier alpha value is -1.07. The molecular weight excluding hydrogens is 292 g/mol. The van der Waals surface area contributed by atoms with E-state index in [2.05, 4.69) is 0 Å². The molecule has 0 saturated carbocycles. The molecule has 2 atom stereocenters. The Labute approximate surface area is 130 Å². The average molecular weight is 313 g/mol. The fourth-order valence-corrected chi connectivity index (χ4v) is 2.44. The molecule has 0 amide bonds. The Balaban J connectivity index is 1.98. The van der Waals surface area contributed by atoms with Crippen LogP contribution in [0.2, 0.25) is 5.02 Å². The van der Waals surface area contributed by atoms with Gasteiger partial charge >= 0.3 is 0 Å². The normalized spacial score (nSPS) is 21.8. The van der Waals surface area contributed by atoms with E-state index >= 15 is 0 Å². The Morgan fingerprint density at radius 1 is 1.19 bits per heavy atom. The number of ether oxygens (including phenoxy) is 2. The van der Waals surface area contributed by atoms with Crippen LogP contribution in [0.15, 0.2) is 36.1 Å². The molecule has 0 bridgehead atoms. The van der Waals surface area contributed by atoms with Gasteiger partial charge in [-0.05, 0) is 36.6 Å². The van der Waals surface area contributed by atoms with Crippen LogP contribution >= 0.6 is 11.6 Å².